The van der Waals surface area contributed by atoms with Gasteiger partial charge in [0, 0.05) is 30.7 Å². The molecule has 2 fully saturated rings. The van der Waals surface area contributed by atoms with Crippen molar-refractivity contribution in [3.8, 4) is 0 Å². The molecule has 0 bridgehead atoms. The van der Waals surface area contributed by atoms with Crippen molar-refractivity contribution < 1.29 is 4.74 Å². The van der Waals surface area contributed by atoms with E-state index in [-0.39, 0.29) is 0 Å². The summed E-state index contributed by atoms with van der Waals surface area (Å²) in [4.78, 5) is 2.72. The highest BCUT2D eigenvalue weighted by molar-refractivity contribution is 4.86. The molecule has 0 spiro atoms. The summed E-state index contributed by atoms with van der Waals surface area (Å²) in [5.41, 5.74) is 0. The molecule has 0 saturated carbocycles. The molecule has 1 N–H and O–H groups in total. The molecule has 0 aromatic carbocycles. The van der Waals surface area contributed by atoms with Gasteiger partial charge in [-0.1, -0.05) is 6.42 Å². The second-order valence-corrected chi connectivity index (χ2v) is 5.89. The largest absolute Gasteiger partial charge is 0.379 e. The predicted octanol–water partition coefficient (Wildman–Crippen LogP) is 2.02. The van der Waals surface area contributed by atoms with Gasteiger partial charge in [-0.25, -0.2) is 0 Å². The Bertz CT molecular complexity index is 218. The number of morpholine rings is 1. The van der Waals surface area contributed by atoms with Crippen LogP contribution in [0.1, 0.15) is 46.5 Å². The van der Waals surface area contributed by atoms with Crippen LogP contribution in [-0.4, -0.2) is 48.8 Å². The Balaban J connectivity index is 1.86. The number of ether oxygens (including phenoxy) is 1. The highest BCUT2D eigenvalue weighted by atomic mass is 16.5. The van der Waals surface area contributed by atoms with Crippen LogP contribution in [0.15, 0.2) is 0 Å². The Hall–Kier alpha value is -0.120. The van der Waals surface area contributed by atoms with E-state index in [0.717, 1.165) is 31.8 Å². The molecule has 2 saturated heterocycles. The van der Waals surface area contributed by atoms with Crippen LogP contribution < -0.4 is 5.32 Å². The van der Waals surface area contributed by atoms with Gasteiger partial charge in [-0.2, -0.15) is 0 Å². The maximum Gasteiger partial charge on any atom is 0.0620 e. The van der Waals surface area contributed by atoms with E-state index in [4.69, 9.17) is 4.74 Å². The molecule has 2 rings (SSSR count). The van der Waals surface area contributed by atoms with E-state index < -0.39 is 0 Å². The van der Waals surface area contributed by atoms with Gasteiger partial charge in [-0.3, -0.25) is 4.90 Å². The molecule has 2 aliphatic heterocycles. The van der Waals surface area contributed by atoms with Crippen LogP contribution in [0.3, 0.4) is 0 Å². The monoisotopic (exact) mass is 240 g/mol. The fourth-order valence-corrected chi connectivity index (χ4v) is 3.61. The van der Waals surface area contributed by atoms with E-state index in [0.29, 0.717) is 12.1 Å². The number of hydrogen-bond acceptors (Lipinski definition) is 3. The van der Waals surface area contributed by atoms with E-state index in [9.17, 15) is 0 Å². The Morgan fingerprint density at radius 3 is 2.59 bits per heavy atom. The summed E-state index contributed by atoms with van der Waals surface area (Å²) in [6, 6.07) is 2.72. The second-order valence-electron chi connectivity index (χ2n) is 5.89. The summed E-state index contributed by atoms with van der Waals surface area (Å²) >= 11 is 0. The summed E-state index contributed by atoms with van der Waals surface area (Å²) in [6.45, 7) is 9.94. The lowest BCUT2D eigenvalue weighted by Gasteiger charge is -2.44. The van der Waals surface area contributed by atoms with Gasteiger partial charge in [0.25, 0.3) is 0 Å². The predicted molar refractivity (Wildman–Crippen MR) is 71.3 cm³/mol. The van der Waals surface area contributed by atoms with Crippen molar-refractivity contribution >= 4 is 0 Å². The number of hydrogen-bond donors (Lipinski definition) is 1. The van der Waals surface area contributed by atoms with Crippen molar-refractivity contribution in [3.63, 3.8) is 0 Å². The van der Waals surface area contributed by atoms with Gasteiger partial charge in [0.1, 0.15) is 0 Å². The number of piperidine rings is 1. The molecule has 2 heterocycles. The first-order chi connectivity index (χ1) is 8.18. The van der Waals surface area contributed by atoms with Crippen LogP contribution in [0.2, 0.25) is 0 Å². The smallest absolute Gasteiger partial charge is 0.0620 e. The minimum absolute atomic E-state index is 0.556. The zero-order valence-electron chi connectivity index (χ0n) is 11.6. The van der Waals surface area contributed by atoms with Gasteiger partial charge in [-0.05, 0) is 40.0 Å². The maximum atomic E-state index is 5.54. The summed E-state index contributed by atoms with van der Waals surface area (Å²) in [5.74, 6) is 0. The lowest BCUT2D eigenvalue weighted by Crippen LogP contribution is -2.52. The fourth-order valence-electron chi connectivity index (χ4n) is 3.61. The number of nitrogens with one attached hydrogen (secondary N) is 1. The summed E-state index contributed by atoms with van der Waals surface area (Å²) in [6.07, 6.45) is 5.34. The normalized spacial score (nSPS) is 37.9. The quantitative estimate of drug-likeness (QED) is 0.817. The Labute approximate surface area is 106 Å². The fraction of sp³-hybridized carbons (Fsp3) is 1.00. The first-order valence-electron chi connectivity index (χ1n) is 7.27. The summed E-state index contributed by atoms with van der Waals surface area (Å²) in [5, 5.41) is 3.57. The van der Waals surface area contributed by atoms with Crippen molar-refractivity contribution in [2.45, 2.75) is 70.6 Å². The second kappa shape index (κ2) is 6.17. The molecule has 0 radical (unpaired) electrons. The SMILES string of the molecule is CC(CC1COCCN1)N1[C@H](C)CCC[C@@H]1C. The molecule has 17 heavy (non-hydrogen) atoms. The highest BCUT2D eigenvalue weighted by Crippen LogP contribution is 2.26. The molecular weight excluding hydrogens is 212 g/mol. The standard InChI is InChI=1S/C14H28N2O/c1-11-5-4-6-12(2)16(11)13(3)9-14-10-17-8-7-15-14/h11-15H,4-10H2,1-3H3/t11-,12+,13?,14?. The third-order valence-electron chi connectivity index (χ3n) is 4.39. The van der Waals surface area contributed by atoms with Crippen molar-refractivity contribution in [1.82, 2.24) is 10.2 Å². The summed E-state index contributed by atoms with van der Waals surface area (Å²) in [7, 11) is 0. The van der Waals surface area contributed by atoms with Gasteiger partial charge < -0.3 is 10.1 Å². The van der Waals surface area contributed by atoms with Crippen LogP contribution >= 0.6 is 0 Å². The third kappa shape index (κ3) is 3.43. The minimum Gasteiger partial charge on any atom is -0.379 e. The number of nitrogens with zero attached hydrogens (tertiary/aromatic N) is 1. The zero-order chi connectivity index (χ0) is 12.3. The minimum atomic E-state index is 0.556. The van der Waals surface area contributed by atoms with Gasteiger partial charge in [0.15, 0.2) is 0 Å². The van der Waals surface area contributed by atoms with Crippen molar-refractivity contribution in [3.05, 3.63) is 0 Å². The van der Waals surface area contributed by atoms with Crippen molar-refractivity contribution in [2.24, 2.45) is 0 Å². The Morgan fingerprint density at radius 2 is 2.00 bits per heavy atom. The first kappa shape index (κ1) is 13.3. The van der Waals surface area contributed by atoms with E-state index in [1.165, 1.54) is 25.7 Å². The average Bonchev–Trinajstić information content (AvgIpc) is 2.30. The lowest BCUT2D eigenvalue weighted by molar-refractivity contribution is 0.0295. The van der Waals surface area contributed by atoms with E-state index >= 15 is 0 Å². The van der Waals surface area contributed by atoms with E-state index in [1.54, 1.807) is 0 Å². The van der Waals surface area contributed by atoms with Crippen molar-refractivity contribution in [1.29, 1.82) is 0 Å². The molecule has 0 aliphatic carbocycles. The molecule has 0 amide bonds. The van der Waals surface area contributed by atoms with E-state index in [2.05, 4.69) is 31.0 Å². The van der Waals surface area contributed by atoms with Gasteiger partial charge >= 0.3 is 0 Å². The zero-order valence-corrected chi connectivity index (χ0v) is 11.6. The molecule has 0 aromatic rings. The Kier molecular flexibility index (Phi) is 4.83. The van der Waals surface area contributed by atoms with Crippen molar-refractivity contribution in [2.75, 3.05) is 19.8 Å². The molecule has 0 aromatic heterocycles. The van der Waals surface area contributed by atoms with E-state index in [1.807, 2.05) is 0 Å². The van der Waals surface area contributed by atoms with Crippen LogP contribution in [0.4, 0.5) is 0 Å². The van der Waals surface area contributed by atoms with Crippen LogP contribution in [0.5, 0.6) is 0 Å². The molecule has 3 heteroatoms. The van der Waals surface area contributed by atoms with Gasteiger partial charge in [-0.15, -0.1) is 0 Å². The average molecular weight is 240 g/mol. The van der Waals surface area contributed by atoms with Crippen LogP contribution in [0, 0.1) is 0 Å². The third-order valence-corrected chi connectivity index (χ3v) is 4.39. The molecule has 3 nitrogen and oxygen atoms in total. The van der Waals surface area contributed by atoms with Gasteiger partial charge in [0.05, 0.1) is 13.2 Å². The topological polar surface area (TPSA) is 24.5 Å². The van der Waals surface area contributed by atoms with Crippen LogP contribution in [0.25, 0.3) is 0 Å². The number of likely N-dealkylation sites (tertiary alicyclic amines) is 1. The number of rotatable bonds is 3. The van der Waals surface area contributed by atoms with Gasteiger partial charge in [0.2, 0.25) is 0 Å². The lowest BCUT2D eigenvalue weighted by atomic mass is 9.93. The molecule has 100 valence electrons. The molecular formula is C14H28N2O. The van der Waals surface area contributed by atoms with Crippen LogP contribution in [-0.2, 0) is 4.74 Å². The maximum absolute atomic E-state index is 5.54. The first-order valence-corrected chi connectivity index (χ1v) is 7.27. The molecule has 2 unspecified atom stereocenters. The molecule has 2 aliphatic rings. The molecule has 4 atom stereocenters. The Morgan fingerprint density at radius 1 is 1.29 bits per heavy atom. The summed E-state index contributed by atoms with van der Waals surface area (Å²) < 4.78 is 5.54. The highest BCUT2D eigenvalue weighted by Gasteiger charge is 2.30.